The maximum atomic E-state index is 6.02. The molecule has 1 aliphatic heterocycles. The fourth-order valence-corrected chi connectivity index (χ4v) is 2.96. The van der Waals surface area contributed by atoms with E-state index in [1.807, 2.05) is 0 Å². The summed E-state index contributed by atoms with van der Waals surface area (Å²) in [6.45, 7) is 0.885. The summed E-state index contributed by atoms with van der Waals surface area (Å²) in [6.07, 6.45) is 4.15. The van der Waals surface area contributed by atoms with Crippen LogP contribution in [0.5, 0.6) is 0 Å². The number of imidazole rings is 1. The van der Waals surface area contributed by atoms with Gasteiger partial charge in [-0.2, -0.15) is 0 Å². The molecule has 1 aliphatic rings. The van der Waals surface area contributed by atoms with Crippen LogP contribution in [0.1, 0.15) is 12.2 Å². The molecule has 2 heterocycles. The van der Waals surface area contributed by atoms with Gasteiger partial charge in [0.1, 0.15) is 5.82 Å². The first-order valence-electron chi connectivity index (χ1n) is 7.10. The average Bonchev–Trinajstić information content (AvgIpc) is 2.89. The molecule has 2 aromatic carbocycles. The quantitative estimate of drug-likeness (QED) is 0.733. The van der Waals surface area contributed by atoms with Gasteiger partial charge in [-0.05, 0) is 23.3 Å². The SMILES string of the molecule is NC1CCc2nc(-c3ccc4ccccc4c3)cn2C1. The van der Waals surface area contributed by atoms with Crippen LogP contribution < -0.4 is 5.73 Å². The molecule has 3 aromatic rings. The van der Waals surface area contributed by atoms with Crippen LogP contribution in [0.3, 0.4) is 0 Å². The fraction of sp³-hybridized carbons (Fsp3) is 0.235. The van der Waals surface area contributed by atoms with Gasteiger partial charge in [0.15, 0.2) is 0 Å². The first-order chi connectivity index (χ1) is 9.79. The largest absolute Gasteiger partial charge is 0.333 e. The van der Waals surface area contributed by atoms with Crippen molar-refractivity contribution >= 4 is 10.8 Å². The van der Waals surface area contributed by atoms with Crippen LogP contribution in [0.25, 0.3) is 22.0 Å². The van der Waals surface area contributed by atoms with Gasteiger partial charge in [0.05, 0.1) is 5.69 Å². The Labute approximate surface area is 118 Å². The standard InChI is InChI=1S/C17H17N3/c18-15-7-8-17-19-16(11-20(17)10-15)14-6-5-12-3-1-2-4-13(12)9-14/h1-6,9,11,15H,7-8,10,18H2. The van der Waals surface area contributed by atoms with Gasteiger partial charge >= 0.3 is 0 Å². The molecule has 0 radical (unpaired) electrons. The number of hydrogen-bond donors (Lipinski definition) is 1. The van der Waals surface area contributed by atoms with E-state index in [2.05, 4.69) is 53.2 Å². The highest BCUT2D eigenvalue weighted by molar-refractivity contribution is 5.86. The second-order valence-corrected chi connectivity index (χ2v) is 5.56. The van der Waals surface area contributed by atoms with Gasteiger partial charge in [-0.15, -0.1) is 0 Å². The van der Waals surface area contributed by atoms with E-state index in [4.69, 9.17) is 10.7 Å². The van der Waals surface area contributed by atoms with Crippen LogP contribution in [-0.2, 0) is 13.0 Å². The lowest BCUT2D eigenvalue weighted by molar-refractivity contribution is 0.453. The number of fused-ring (bicyclic) bond motifs is 2. The molecule has 3 heteroatoms. The lowest BCUT2D eigenvalue weighted by Crippen LogP contribution is -2.31. The topological polar surface area (TPSA) is 43.8 Å². The molecule has 1 aromatic heterocycles. The molecule has 0 fully saturated rings. The monoisotopic (exact) mass is 263 g/mol. The van der Waals surface area contributed by atoms with Crippen molar-refractivity contribution in [1.82, 2.24) is 9.55 Å². The Morgan fingerprint density at radius 2 is 1.95 bits per heavy atom. The van der Waals surface area contributed by atoms with Gasteiger partial charge in [0.2, 0.25) is 0 Å². The first kappa shape index (κ1) is 11.7. The van der Waals surface area contributed by atoms with Gasteiger partial charge in [-0.25, -0.2) is 4.98 Å². The highest BCUT2D eigenvalue weighted by Crippen LogP contribution is 2.25. The summed E-state index contributed by atoms with van der Waals surface area (Å²) in [5.74, 6) is 1.16. The van der Waals surface area contributed by atoms with Gasteiger partial charge in [-0.3, -0.25) is 0 Å². The second-order valence-electron chi connectivity index (χ2n) is 5.56. The van der Waals surface area contributed by atoms with Crippen molar-refractivity contribution in [3.05, 3.63) is 54.5 Å². The van der Waals surface area contributed by atoms with E-state index in [0.29, 0.717) is 0 Å². The van der Waals surface area contributed by atoms with E-state index >= 15 is 0 Å². The van der Waals surface area contributed by atoms with E-state index in [-0.39, 0.29) is 6.04 Å². The normalized spacial score (nSPS) is 18.1. The molecule has 3 nitrogen and oxygen atoms in total. The lowest BCUT2D eigenvalue weighted by atomic mass is 10.1. The summed E-state index contributed by atoms with van der Waals surface area (Å²) >= 11 is 0. The fourth-order valence-electron chi connectivity index (χ4n) is 2.96. The summed E-state index contributed by atoms with van der Waals surface area (Å²) in [5, 5.41) is 2.52. The van der Waals surface area contributed by atoms with Crippen molar-refractivity contribution in [3.63, 3.8) is 0 Å². The van der Waals surface area contributed by atoms with E-state index in [0.717, 1.165) is 30.9 Å². The summed E-state index contributed by atoms with van der Waals surface area (Å²) < 4.78 is 2.21. The van der Waals surface area contributed by atoms with Crippen LogP contribution in [0, 0.1) is 0 Å². The van der Waals surface area contributed by atoms with Gasteiger partial charge in [0, 0.05) is 30.8 Å². The van der Waals surface area contributed by atoms with Crippen molar-refractivity contribution in [2.24, 2.45) is 5.73 Å². The van der Waals surface area contributed by atoms with E-state index < -0.39 is 0 Å². The third kappa shape index (κ3) is 1.91. The highest BCUT2D eigenvalue weighted by Gasteiger charge is 2.17. The Balaban J connectivity index is 1.79. The zero-order valence-electron chi connectivity index (χ0n) is 11.3. The zero-order valence-corrected chi connectivity index (χ0v) is 11.3. The molecule has 1 atom stereocenters. The van der Waals surface area contributed by atoms with Gasteiger partial charge < -0.3 is 10.3 Å². The molecule has 0 spiro atoms. The maximum absolute atomic E-state index is 6.02. The summed E-state index contributed by atoms with van der Waals surface area (Å²) in [5.41, 5.74) is 8.26. The lowest BCUT2D eigenvalue weighted by Gasteiger charge is -2.19. The number of hydrogen-bond acceptors (Lipinski definition) is 2. The number of nitrogens with zero attached hydrogens (tertiary/aromatic N) is 2. The predicted molar refractivity (Wildman–Crippen MR) is 81.5 cm³/mol. The molecule has 4 rings (SSSR count). The molecule has 1 unspecified atom stereocenters. The summed E-state index contributed by atoms with van der Waals surface area (Å²) in [7, 11) is 0. The summed E-state index contributed by atoms with van der Waals surface area (Å²) in [6, 6.07) is 15.2. The third-order valence-corrected chi connectivity index (χ3v) is 4.07. The Morgan fingerprint density at radius 1 is 1.10 bits per heavy atom. The van der Waals surface area contributed by atoms with Gasteiger partial charge in [-0.1, -0.05) is 36.4 Å². The number of rotatable bonds is 1. The average molecular weight is 263 g/mol. The van der Waals surface area contributed by atoms with Crippen LogP contribution in [0.4, 0.5) is 0 Å². The molecule has 0 aliphatic carbocycles. The number of benzene rings is 2. The molecule has 0 bridgehead atoms. The number of nitrogens with two attached hydrogens (primary N) is 1. The van der Waals surface area contributed by atoms with Crippen molar-refractivity contribution < 1.29 is 0 Å². The van der Waals surface area contributed by atoms with Crippen LogP contribution in [0.15, 0.2) is 48.7 Å². The minimum Gasteiger partial charge on any atom is -0.333 e. The van der Waals surface area contributed by atoms with Crippen molar-refractivity contribution in [2.75, 3.05) is 0 Å². The smallest absolute Gasteiger partial charge is 0.109 e. The van der Waals surface area contributed by atoms with Crippen molar-refractivity contribution in [1.29, 1.82) is 0 Å². The van der Waals surface area contributed by atoms with Crippen LogP contribution >= 0.6 is 0 Å². The Hall–Kier alpha value is -2.13. The Bertz CT molecular complexity index is 773. The molecule has 2 N–H and O–H groups in total. The minimum absolute atomic E-state index is 0.265. The van der Waals surface area contributed by atoms with Crippen LogP contribution in [0.2, 0.25) is 0 Å². The molecule has 0 saturated carbocycles. The minimum atomic E-state index is 0.265. The molecule has 20 heavy (non-hydrogen) atoms. The Morgan fingerprint density at radius 3 is 2.85 bits per heavy atom. The van der Waals surface area contributed by atoms with Crippen LogP contribution in [-0.4, -0.2) is 15.6 Å². The predicted octanol–water partition coefficient (Wildman–Crippen LogP) is 2.98. The Kier molecular flexibility index (Phi) is 2.60. The first-order valence-corrected chi connectivity index (χ1v) is 7.10. The molecule has 0 amide bonds. The molecule has 100 valence electrons. The maximum Gasteiger partial charge on any atom is 0.109 e. The van der Waals surface area contributed by atoms with E-state index in [1.165, 1.54) is 16.3 Å². The van der Waals surface area contributed by atoms with E-state index in [9.17, 15) is 0 Å². The highest BCUT2D eigenvalue weighted by atomic mass is 15.1. The summed E-state index contributed by atoms with van der Waals surface area (Å²) in [4.78, 5) is 4.77. The number of aromatic nitrogens is 2. The molecular weight excluding hydrogens is 246 g/mol. The molecule has 0 saturated heterocycles. The molecular formula is C17H17N3. The second kappa shape index (κ2) is 4.46. The van der Waals surface area contributed by atoms with Crippen molar-refractivity contribution in [3.8, 4) is 11.3 Å². The zero-order chi connectivity index (χ0) is 13.5. The van der Waals surface area contributed by atoms with E-state index in [1.54, 1.807) is 0 Å². The third-order valence-electron chi connectivity index (χ3n) is 4.07. The van der Waals surface area contributed by atoms with Gasteiger partial charge in [0.25, 0.3) is 0 Å². The number of aryl methyl sites for hydroxylation is 1. The van der Waals surface area contributed by atoms with Crippen molar-refractivity contribution in [2.45, 2.75) is 25.4 Å².